The van der Waals surface area contributed by atoms with Crippen molar-refractivity contribution >= 4 is 16.7 Å². The van der Waals surface area contributed by atoms with E-state index in [4.69, 9.17) is 0 Å². The van der Waals surface area contributed by atoms with E-state index < -0.39 is 0 Å². The van der Waals surface area contributed by atoms with Crippen LogP contribution in [0, 0.1) is 0 Å². The SMILES string of the molecule is O=C(Cc1ccc2ccccc2c1)NCCc1ccccn1. The Bertz CT molecular complexity index is 769. The molecule has 0 aliphatic rings. The van der Waals surface area contributed by atoms with Gasteiger partial charge in [0.1, 0.15) is 0 Å². The first-order valence-corrected chi connectivity index (χ1v) is 7.45. The first-order valence-electron chi connectivity index (χ1n) is 7.45. The van der Waals surface area contributed by atoms with Crippen molar-refractivity contribution in [2.75, 3.05) is 6.54 Å². The van der Waals surface area contributed by atoms with E-state index in [0.717, 1.165) is 17.7 Å². The molecule has 0 aliphatic heterocycles. The first-order chi connectivity index (χ1) is 10.8. The van der Waals surface area contributed by atoms with Crippen LogP contribution in [0.25, 0.3) is 10.8 Å². The molecule has 1 aromatic heterocycles. The molecular formula is C19H18N2O. The van der Waals surface area contributed by atoms with Gasteiger partial charge in [0, 0.05) is 24.9 Å². The number of amides is 1. The number of hydrogen-bond donors (Lipinski definition) is 1. The van der Waals surface area contributed by atoms with Crippen LogP contribution >= 0.6 is 0 Å². The Kier molecular flexibility index (Phi) is 4.44. The van der Waals surface area contributed by atoms with Crippen molar-refractivity contribution in [2.24, 2.45) is 0 Å². The maximum absolute atomic E-state index is 12.0. The maximum Gasteiger partial charge on any atom is 0.224 e. The van der Waals surface area contributed by atoms with Crippen molar-refractivity contribution in [2.45, 2.75) is 12.8 Å². The zero-order chi connectivity index (χ0) is 15.2. The Hall–Kier alpha value is -2.68. The zero-order valence-electron chi connectivity index (χ0n) is 12.3. The second-order valence-corrected chi connectivity index (χ2v) is 5.28. The summed E-state index contributed by atoms with van der Waals surface area (Å²) in [4.78, 5) is 16.2. The Morgan fingerprint density at radius 2 is 1.77 bits per heavy atom. The van der Waals surface area contributed by atoms with Crippen molar-refractivity contribution in [1.82, 2.24) is 10.3 Å². The third kappa shape index (κ3) is 3.70. The summed E-state index contributed by atoms with van der Waals surface area (Å²) >= 11 is 0. The van der Waals surface area contributed by atoms with Crippen LogP contribution in [0.1, 0.15) is 11.3 Å². The summed E-state index contributed by atoms with van der Waals surface area (Å²) in [5.74, 6) is 0.0474. The van der Waals surface area contributed by atoms with Gasteiger partial charge < -0.3 is 5.32 Å². The first kappa shape index (κ1) is 14.3. The number of rotatable bonds is 5. The molecule has 0 saturated carbocycles. The summed E-state index contributed by atoms with van der Waals surface area (Å²) in [6.07, 6.45) is 2.93. The lowest BCUT2D eigenvalue weighted by molar-refractivity contribution is -0.120. The lowest BCUT2D eigenvalue weighted by Gasteiger charge is -2.06. The van der Waals surface area contributed by atoms with E-state index in [1.54, 1.807) is 6.20 Å². The molecule has 1 heterocycles. The minimum absolute atomic E-state index is 0.0474. The largest absolute Gasteiger partial charge is 0.355 e. The highest BCUT2D eigenvalue weighted by atomic mass is 16.1. The minimum atomic E-state index is 0.0474. The maximum atomic E-state index is 12.0. The molecule has 0 bridgehead atoms. The lowest BCUT2D eigenvalue weighted by atomic mass is 10.0. The predicted molar refractivity (Wildman–Crippen MR) is 88.6 cm³/mol. The molecule has 3 nitrogen and oxygen atoms in total. The molecule has 0 aliphatic carbocycles. The number of nitrogens with one attached hydrogen (secondary N) is 1. The number of aromatic nitrogens is 1. The van der Waals surface area contributed by atoms with Crippen LogP contribution in [-0.2, 0) is 17.6 Å². The molecule has 0 atom stereocenters. The van der Waals surface area contributed by atoms with Gasteiger partial charge in [-0.3, -0.25) is 9.78 Å². The monoisotopic (exact) mass is 290 g/mol. The molecule has 3 rings (SSSR count). The lowest BCUT2D eigenvalue weighted by Crippen LogP contribution is -2.27. The number of pyridine rings is 1. The Morgan fingerprint density at radius 3 is 2.59 bits per heavy atom. The minimum Gasteiger partial charge on any atom is -0.355 e. The molecular weight excluding hydrogens is 272 g/mol. The highest BCUT2D eigenvalue weighted by molar-refractivity contribution is 5.85. The van der Waals surface area contributed by atoms with E-state index in [1.165, 1.54) is 10.8 Å². The smallest absolute Gasteiger partial charge is 0.224 e. The van der Waals surface area contributed by atoms with Crippen molar-refractivity contribution < 1.29 is 4.79 Å². The summed E-state index contributed by atoms with van der Waals surface area (Å²) in [6.45, 7) is 0.615. The second-order valence-electron chi connectivity index (χ2n) is 5.28. The number of fused-ring (bicyclic) bond motifs is 1. The molecule has 0 saturated heterocycles. The van der Waals surface area contributed by atoms with E-state index in [-0.39, 0.29) is 5.91 Å². The van der Waals surface area contributed by atoms with Crippen molar-refractivity contribution in [3.05, 3.63) is 78.1 Å². The van der Waals surface area contributed by atoms with Crippen LogP contribution in [0.15, 0.2) is 66.9 Å². The van der Waals surface area contributed by atoms with E-state index in [0.29, 0.717) is 13.0 Å². The number of carbonyl (C=O) groups is 1. The van der Waals surface area contributed by atoms with Crippen LogP contribution in [0.3, 0.4) is 0 Å². The summed E-state index contributed by atoms with van der Waals surface area (Å²) in [7, 11) is 0. The molecule has 0 fully saturated rings. The quantitative estimate of drug-likeness (QED) is 0.784. The predicted octanol–water partition coefficient (Wildman–Crippen LogP) is 3.14. The summed E-state index contributed by atoms with van der Waals surface area (Å²) in [5, 5.41) is 5.31. The van der Waals surface area contributed by atoms with Gasteiger partial charge in [0.05, 0.1) is 6.42 Å². The van der Waals surface area contributed by atoms with Crippen LogP contribution in [0.2, 0.25) is 0 Å². The molecule has 22 heavy (non-hydrogen) atoms. The van der Waals surface area contributed by atoms with Crippen LogP contribution in [0.5, 0.6) is 0 Å². The Morgan fingerprint density at radius 1 is 0.955 bits per heavy atom. The van der Waals surface area contributed by atoms with Gasteiger partial charge in [-0.25, -0.2) is 0 Å². The molecule has 2 aromatic carbocycles. The van der Waals surface area contributed by atoms with Crippen LogP contribution in [-0.4, -0.2) is 17.4 Å². The molecule has 0 radical (unpaired) electrons. The summed E-state index contributed by atoms with van der Waals surface area (Å²) in [5.41, 5.74) is 2.03. The van der Waals surface area contributed by atoms with Crippen LogP contribution in [0.4, 0.5) is 0 Å². The molecule has 0 unspecified atom stereocenters. The zero-order valence-corrected chi connectivity index (χ0v) is 12.3. The molecule has 3 aromatic rings. The van der Waals surface area contributed by atoms with E-state index in [2.05, 4.69) is 34.6 Å². The third-order valence-electron chi connectivity index (χ3n) is 3.61. The van der Waals surface area contributed by atoms with E-state index in [1.807, 2.05) is 36.4 Å². The second kappa shape index (κ2) is 6.85. The number of nitrogens with zero attached hydrogens (tertiary/aromatic N) is 1. The van der Waals surface area contributed by atoms with Crippen molar-refractivity contribution in [3.63, 3.8) is 0 Å². The van der Waals surface area contributed by atoms with Gasteiger partial charge in [0.25, 0.3) is 0 Å². The van der Waals surface area contributed by atoms with Gasteiger partial charge in [0.2, 0.25) is 5.91 Å². The van der Waals surface area contributed by atoms with Gasteiger partial charge in [-0.05, 0) is 28.5 Å². The highest BCUT2D eigenvalue weighted by Gasteiger charge is 2.04. The van der Waals surface area contributed by atoms with Gasteiger partial charge in [-0.15, -0.1) is 0 Å². The molecule has 0 spiro atoms. The van der Waals surface area contributed by atoms with Crippen LogP contribution < -0.4 is 5.32 Å². The number of benzene rings is 2. The fraction of sp³-hybridized carbons (Fsp3) is 0.158. The molecule has 110 valence electrons. The average molecular weight is 290 g/mol. The Labute approximate surface area is 130 Å². The standard InChI is InChI=1S/C19H18N2O/c22-19(21-12-10-18-7-3-4-11-20-18)14-15-8-9-16-5-1-2-6-17(16)13-15/h1-9,11,13H,10,12,14H2,(H,21,22). The highest BCUT2D eigenvalue weighted by Crippen LogP contribution is 2.15. The van der Waals surface area contributed by atoms with Gasteiger partial charge in [-0.1, -0.05) is 48.5 Å². The number of hydrogen-bond acceptors (Lipinski definition) is 2. The molecule has 3 heteroatoms. The van der Waals surface area contributed by atoms with Gasteiger partial charge in [-0.2, -0.15) is 0 Å². The van der Waals surface area contributed by atoms with Crippen molar-refractivity contribution in [3.8, 4) is 0 Å². The fourth-order valence-electron chi connectivity index (χ4n) is 2.47. The third-order valence-corrected chi connectivity index (χ3v) is 3.61. The fourth-order valence-corrected chi connectivity index (χ4v) is 2.47. The van der Waals surface area contributed by atoms with E-state index >= 15 is 0 Å². The van der Waals surface area contributed by atoms with Gasteiger partial charge >= 0.3 is 0 Å². The summed E-state index contributed by atoms with van der Waals surface area (Å²) in [6, 6.07) is 20.1. The number of carbonyl (C=O) groups excluding carboxylic acids is 1. The van der Waals surface area contributed by atoms with Crippen molar-refractivity contribution in [1.29, 1.82) is 0 Å². The molecule has 1 N–H and O–H groups in total. The summed E-state index contributed by atoms with van der Waals surface area (Å²) < 4.78 is 0. The molecule has 1 amide bonds. The average Bonchev–Trinajstić information content (AvgIpc) is 2.56. The normalized spacial score (nSPS) is 10.5. The van der Waals surface area contributed by atoms with E-state index in [9.17, 15) is 4.79 Å². The topological polar surface area (TPSA) is 42.0 Å². The Balaban J connectivity index is 1.54. The van der Waals surface area contributed by atoms with Gasteiger partial charge in [0.15, 0.2) is 0 Å².